The fourth-order valence-electron chi connectivity index (χ4n) is 3.30. The van der Waals surface area contributed by atoms with Crippen LogP contribution in [0.3, 0.4) is 0 Å². The van der Waals surface area contributed by atoms with Crippen molar-refractivity contribution >= 4 is 85.8 Å². The minimum absolute atomic E-state index is 0.167. The second-order valence-electron chi connectivity index (χ2n) is 7.59. The summed E-state index contributed by atoms with van der Waals surface area (Å²) in [6.07, 6.45) is 1.82. The number of aliphatic imine (C=N–C) groups is 1. The molecule has 10 heteroatoms. The van der Waals surface area contributed by atoms with Gasteiger partial charge in [0, 0.05) is 12.6 Å². The highest BCUT2D eigenvalue weighted by atomic mass is 127. The predicted molar refractivity (Wildman–Crippen MR) is 156 cm³/mol. The highest BCUT2D eigenvalue weighted by molar-refractivity contribution is 14.1. The monoisotopic (exact) mass is 721 g/mol. The molecule has 1 N–H and O–H groups in total. The number of aromatic carboxylic acids is 1. The zero-order chi connectivity index (χ0) is 25.8. The van der Waals surface area contributed by atoms with Crippen LogP contribution < -0.4 is 4.74 Å². The van der Waals surface area contributed by atoms with Crippen LogP contribution in [0, 0.1) is 18.5 Å². The molecule has 0 spiro atoms. The number of hydrogen-bond donors (Lipinski definition) is 1. The van der Waals surface area contributed by atoms with Crippen molar-refractivity contribution in [3.8, 4) is 11.8 Å². The Labute approximate surface area is 239 Å². The normalized spacial score (nSPS) is 15.4. The predicted octanol–water partition coefficient (Wildman–Crippen LogP) is 6.28. The number of likely N-dealkylation sites (N-methyl/N-ethyl adjacent to an activating group) is 1. The maximum absolute atomic E-state index is 12.8. The number of thioether (sulfide) groups is 1. The van der Waals surface area contributed by atoms with Gasteiger partial charge in [-0.1, -0.05) is 18.2 Å². The van der Waals surface area contributed by atoms with Gasteiger partial charge in [-0.2, -0.15) is 5.26 Å². The summed E-state index contributed by atoms with van der Waals surface area (Å²) in [4.78, 5) is 30.4. The number of ether oxygens (including phenoxy) is 1. The molecule has 1 amide bonds. The molecule has 1 aliphatic heterocycles. The number of halogens is 2. The molecule has 180 valence electrons. The number of rotatable bonds is 6. The second kappa shape index (κ2) is 11.4. The van der Waals surface area contributed by atoms with Crippen LogP contribution in [-0.4, -0.2) is 34.1 Å². The van der Waals surface area contributed by atoms with Gasteiger partial charge < -0.3 is 9.84 Å². The third kappa shape index (κ3) is 5.91. The number of carbonyl (C=O) groups excluding carboxylic acids is 1. The van der Waals surface area contributed by atoms with Crippen molar-refractivity contribution in [2.75, 3.05) is 7.05 Å². The van der Waals surface area contributed by atoms with Gasteiger partial charge in [0.2, 0.25) is 0 Å². The molecule has 1 aliphatic rings. The van der Waals surface area contributed by atoms with E-state index in [2.05, 4.69) is 56.2 Å². The molecular weight excluding hydrogens is 704 g/mol. The van der Waals surface area contributed by atoms with Gasteiger partial charge in [0.15, 0.2) is 5.17 Å². The molecule has 0 radical (unpaired) electrons. The lowest BCUT2D eigenvalue weighted by Gasteiger charge is -2.12. The number of nitriles is 1. The van der Waals surface area contributed by atoms with Gasteiger partial charge in [-0.15, -0.1) is 0 Å². The van der Waals surface area contributed by atoms with Gasteiger partial charge >= 0.3 is 5.97 Å². The Bertz CT molecular complexity index is 1440. The number of carbonyl (C=O) groups is 2. The van der Waals surface area contributed by atoms with Crippen LogP contribution in [0.4, 0.5) is 5.69 Å². The Hall–Kier alpha value is -2.89. The summed E-state index contributed by atoms with van der Waals surface area (Å²) in [6, 6.07) is 19.6. The summed E-state index contributed by atoms with van der Waals surface area (Å²) in [6.45, 7) is 0.280. The highest BCUT2D eigenvalue weighted by Gasteiger charge is 2.30. The molecule has 0 unspecified atom stereocenters. The van der Waals surface area contributed by atoms with Gasteiger partial charge in [-0.05, 0) is 111 Å². The number of amides is 1. The third-order valence-electron chi connectivity index (χ3n) is 5.17. The topological polar surface area (TPSA) is 103 Å². The number of amidine groups is 1. The Balaban J connectivity index is 1.53. The number of hydrogen-bond acceptors (Lipinski definition) is 6. The van der Waals surface area contributed by atoms with Gasteiger partial charge in [0.1, 0.15) is 12.4 Å². The number of carboxylic acid groups (broad SMARTS) is 1. The number of carboxylic acids is 1. The molecule has 0 bridgehead atoms. The van der Waals surface area contributed by atoms with E-state index in [1.165, 1.54) is 28.8 Å². The zero-order valence-corrected chi connectivity index (χ0v) is 23.9. The van der Waals surface area contributed by atoms with Crippen LogP contribution >= 0.6 is 56.9 Å². The van der Waals surface area contributed by atoms with E-state index in [0.29, 0.717) is 21.3 Å². The Morgan fingerprint density at radius 3 is 2.47 bits per heavy atom. The average Bonchev–Trinajstić information content (AvgIpc) is 3.11. The van der Waals surface area contributed by atoms with Crippen LogP contribution in [0.5, 0.6) is 5.75 Å². The lowest BCUT2D eigenvalue weighted by atomic mass is 10.1. The quantitative estimate of drug-likeness (QED) is 0.238. The third-order valence-corrected chi connectivity index (χ3v) is 7.83. The van der Waals surface area contributed by atoms with Crippen molar-refractivity contribution in [1.29, 1.82) is 5.26 Å². The van der Waals surface area contributed by atoms with E-state index in [1.54, 1.807) is 25.2 Å². The first-order valence-corrected chi connectivity index (χ1v) is 13.4. The lowest BCUT2D eigenvalue weighted by molar-refractivity contribution is -0.121. The summed E-state index contributed by atoms with van der Waals surface area (Å²) < 4.78 is 7.82. The molecular formula is C26H17I2N3O4S. The van der Waals surface area contributed by atoms with E-state index in [1.807, 2.05) is 36.4 Å². The van der Waals surface area contributed by atoms with E-state index in [-0.39, 0.29) is 18.1 Å². The molecule has 3 aromatic carbocycles. The first-order chi connectivity index (χ1) is 17.3. The van der Waals surface area contributed by atoms with Crippen LogP contribution in [-0.2, 0) is 11.4 Å². The Kier molecular flexibility index (Phi) is 8.32. The minimum atomic E-state index is -1.00. The number of nitrogens with zero attached hydrogens (tertiary/aromatic N) is 3. The van der Waals surface area contributed by atoms with Crippen molar-refractivity contribution in [2.24, 2.45) is 4.99 Å². The van der Waals surface area contributed by atoms with E-state index >= 15 is 0 Å². The minimum Gasteiger partial charge on any atom is -0.487 e. The maximum atomic E-state index is 12.8. The fraction of sp³-hybridized carbons (Fsp3) is 0.0769. The smallest absolute Gasteiger partial charge is 0.335 e. The Morgan fingerprint density at radius 1 is 1.17 bits per heavy atom. The molecule has 1 saturated heterocycles. The first kappa shape index (κ1) is 26.2. The maximum Gasteiger partial charge on any atom is 0.335 e. The summed E-state index contributed by atoms with van der Waals surface area (Å²) in [5.41, 5.74) is 2.99. The average molecular weight is 721 g/mol. The molecule has 3 aromatic rings. The van der Waals surface area contributed by atoms with Crippen molar-refractivity contribution < 1.29 is 19.4 Å². The van der Waals surface area contributed by atoms with Gasteiger partial charge in [-0.25, -0.2) is 9.79 Å². The van der Waals surface area contributed by atoms with Crippen molar-refractivity contribution in [3.63, 3.8) is 0 Å². The molecule has 0 aromatic heterocycles. The molecule has 36 heavy (non-hydrogen) atoms. The van der Waals surface area contributed by atoms with E-state index in [9.17, 15) is 14.9 Å². The van der Waals surface area contributed by atoms with Crippen molar-refractivity contribution in [3.05, 3.63) is 95.0 Å². The van der Waals surface area contributed by atoms with E-state index in [4.69, 9.17) is 9.84 Å². The number of benzene rings is 3. The molecule has 4 rings (SSSR count). The largest absolute Gasteiger partial charge is 0.487 e. The standard InChI is InChI=1S/C26H17I2N3O4S/c1-31-24(32)22(36-26(31)30-19-8-6-16(7-9-19)25(33)34)12-15-10-20(27)23(21(28)11-15)35-14-18-5-3-2-4-17(18)13-29/h2-12H,14H2,1H3,(H,33,34)/b22-12-,30-26?. The van der Waals surface area contributed by atoms with Gasteiger partial charge in [0.05, 0.1) is 34.9 Å². The molecule has 7 nitrogen and oxygen atoms in total. The van der Waals surface area contributed by atoms with Crippen LogP contribution in [0.2, 0.25) is 0 Å². The molecule has 1 fully saturated rings. The van der Waals surface area contributed by atoms with E-state index < -0.39 is 5.97 Å². The Morgan fingerprint density at radius 2 is 1.83 bits per heavy atom. The van der Waals surface area contributed by atoms with Crippen LogP contribution in [0.25, 0.3) is 6.08 Å². The van der Waals surface area contributed by atoms with Gasteiger partial charge in [-0.3, -0.25) is 9.69 Å². The van der Waals surface area contributed by atoms with Crippen molar-refractivity contribution in [2.45, 2.75) is 6.61 Å². The lowest BCUT2D eigenvalue weighted by Crippen LogP contribution is -2.23. The second-order valence-corrected chi connectivity index (χ2v) is 10.9. The fourth-order valence-corrected chi connectivity index (χ4v) is 6.41. The molecule has 0 saturated carbocycles. The first-order valence-electron chi connectivity index (χ1n) is 10.5. The molecule has 0 atom stereocenters. The van der Waals surface area contributed by atoms with Crippen molar-refractivity contribution in [1.82, 2.24) is 4.90 Å². The van der Waals surface area contributed by atoms with Crippen LogP contribution in [0.1, 0.15) is 27.0 Å². The summed E-state index contributed by atoms with van der Waals surface area (Å²) in [5.74, 6) is -0.449. The summed E-state index contributed by atoms with van der Waals surface area (Å²) >= 11 is 5.66. The SMILES string of the molecule is CN1C(=O)/C(=C/c2cc(I)c(OCc3ccccc3C#N)c(I)c2)SC1=Nc1ccc(C(=O)O)cc1. The summed E-state index contributed by atoms with van der Waals surface area (Å²) in [7, 11) is 1.66. The van der Waals surface area contributed by atoms with E-state index in [0.717, 1.165) is 24.0 Å². The summed E-state index contributed by atoms with van der Waals surface area (Å²) in [5, 5.41) is 18.9. The molecule has 0 aliphatic carbocycles. The molecule has 1 heterocycles. The van der Waals surface area contributed by atoms with Gasteiger partial charge in [0.25, 0.3) is 5.91 Å². The zero-order valence-electron chi connectivity index (χ0n) is 18.7. The highest BCUT2D eigenvalue weighted by Crippen LogP contribution is 2.35. The van der Waals surface area contributed by atoms with Crippen LogP contribution in [0.15, 0.2) is 70.6 Å².